The highest BCUT2D eigenvalue weighted by Gasteiger charge is 2.29. The third kappa shape index (κ3) is 4.35. The molecule has 1 heterocycles. The molecule has 0 aliphatic carbocycles. The molecule has 1 aliphatic rings. The van der Waals surface area contributed by atoms with Gasteiger partial charge in [-0.25, -0.2) is 4.79 Å². The first-order valence-electron chi connectivity index (χ1n) is 7.75. The minimum Gasteiger partial charge on any atom is -0.450 e. The number of nitrogens with one attached hydrogen (secondary N) is 1. The van der Waals surface area contributed by atoms with Crippen LogP contribution in [-0.4, -0.2) is 56.5 Å². The van der Waals surface area contributed by atoms with Crippen LogP contribution in [0.2, 0.25) is 0 Å². The zero-order chi connectivity index (χ0) is 16.9. The number of carbonyl (C=O) groups excluding carboxylic acids is 1. The van der Waals surface area contributed by atoms with Crippen LogP contribution >= 0.6 is 0 Å². The topological polar surface area (TPSA) is 79.0 Å². The van der Waals surface area contributed by atoms with Gasteiger partial charge in [0.1, 0.15) is 0 Å². The number of aryl methyl sites for hydroxylation is 1. The molecule has 0 unspecified atom stereocenters. The van der Waals surface area contributed by atoms with Gasteiger partial charge in [-0.3, -0.25) is 4.72 Å². The molecule has 0 saturated carbocycles. The van der Waals surface area contributed by atoms with E-state index in [1.54, 1.807) is 19.1 Å². The molecule has 0 bridgehead atoms. The second-order valence-corrected chi connectivity index (χ2v) is 6.87. The third-order valence-electron chi connectivity index (χ3n) is 3.74. The summed E-state index contributed by atoms with van der Waals surface area (Å²) >= 11 is 0. The van der Waals surface area contributed by atoms with Crippen LogP contribution in [0.15, 0.2) is 24.3 Å². The van der Waals surface area contributed by atoms with E-state index in [1.165, 1.54) is 9.21 Å². The average Bonchev–Trinajstić information content (AvgIpc) is 2.55. The van der Waals surface area contributed by atoms with Gasteiger partial charge in [0.15, 0.2) is 0 Å². The van der Waals surface area contributed by atoms with Gasteiger partial charge in [-0.2, -0.15) is 12.7 Å². The monoisotopic (exact) mass is 341 g/mol. The molecule has 2 rings (SSSR count). The number of amides is 1. The van der Waals surface area contributed by atoms with E-state index < -0.39 is 16.3 Å². The highest BCUT2D eigenvalue weighted by atomic mass is 32.2. The van der Waals surface area contributed by atoms with Crippen molar-refractivity contribution in [3.8, 4) is 0 Å². The Hall–Kier alpha value is -1.80. The number of carbonyl (C=O) groups is 1. The maximum Gasteiger partial charge on any atom is 0.409 e. The van der Waals surface area contributed by atoms with Crippen molar-refractivity contribution in [2.24, 2.45) is 0 Å². The van der Waals surface area contributed by atoms with Crippen LogP contribution < -0.4 is 4.72 Å². The molecule has 23 heavy (non-hydrogen) atoms. The summed E-state index contributed by atoms with van der Waals surface area (Å²) in [5.41, 5.74) is 1.55. The maximum atomic E-state index is 12.5. The van der Waals surface area contributed by atoms with Gasteiger partial charge in [-0.05, 0) is 25.0 Å². The number of ether oxygens (including phenoxy) is 1. The minimum atomic E-state index is -3.63. The number of piperazine rings is 1. The van der Waals surface area contributed by atoms with Crippen LogP contribution in [-0.2, 0) is 21.4 Å². The molecular weight excluding hydrogens is 318 g/mol. The number of para-hydroxylation sites is 1. The third-order valence-corrected chi connectivity index (χ3v) is 5.26. The van der Waals surface area contributed by atoms with Gasteiger partial charge in [0.05, 0.1) is 12.3 Å². The molecule has 128 valence electrons. The van der Waals surface area contributed by atoms with Crippen LogP contribution in [0.4, 0.5) is 10.5 Å². The number of nitrogens with zero attached hydrogens (tertiary/aromatic N) is 2. The van der Waals surface area contributed by atoms with Crippen molar-refractivity contribution in [2.75, 3.05) is 37.5 Å². The number of hydrogen-bond donors (Lipinski definition) is 1. The predicted octanol–water partition coefficient (Wildman–Crippen LogP) is 1.68. The summed E-state index contributed by atoms with van der Waals surface area (Å²) in [6, 6.07) is 7.34. The fraction of sp³-hybridized carbons (Fsp3) is 0.533. The molecule has 0 spiro atoms. The summed E-state index contributed by atoms with van der Waals surface area (Å²) in [5, 5.41) is 0. The quantitative estimate of drug-likeness (QED) is 0.884. The van der Waals surface area contributed by atoms with E-state index in [9.17, 15) is 13.2 Å². The van der Waals surface area contributed by atoms with Crippen molar-refractivity contribution >= 4 is 22.0 Å². The molecule has 1 fully saturated rings. The largest absolute Gasteiger partial charge is 0.450 e. The van der Waals surface area contributed by atoms with Crippen LogP contribution in [0.5, 0.6) is 0 Å². The first kappa shape index (κ1) is 17.6. The number of anilines is 1. The van der Waals surface area contributed by atoms with E-state index >= 15 is 0 Å². The summed E-state index contributed by atoms with van der Waals surface area (Å²) in [4.78, 5) is 13.2. The maximum absolute atomic E-state index is 12.5. The second kappa shape index (κ2) is 7.65. The smallest absolute Gasteiger partial charge is 0.409 e. The van der Waals surface area contributed by atoms with E-state index in [4.69, 9.17) is 4.74 Å². The van der Waals surface area contributed by atoms with Gasteiger partial charge >= 0.3 is 16.3 Å². The number of benzene rings is 1. The van der Waals surface area contributed by atoms with Gasteiger partial charge in [0.2, 0.25) is 0 Å². The number of hydrogen-bond acceptors (Lipinski definition) is 4. The van der Waals surface area contributed by atoms with Crippen molar-refractivity contribution in [1.82, 2.24) is 9.21 Å². The summed E-state index contributed by atoms with van der Waals surface area (Å²) in [7, 11) is -3.63. The van der Waals surface area contributed by atoms with E-state index in [-0.39, 0.29) is 13.1 Å². The highest BCUT2D eigenvalue weighted by Crippen LogP contribution is 2.19. The fourth-order valence-electron chi connectivity index (χ4n) is 2.46. The van der Waals surface area contributed by atoms with Crippen molar-refractivity contribution in [3.63, 3.8) is 0 Å². The van der Waals surface area contributed by atoms with Gasteiger partial charge < -0.3 is 9.64 Å². The zero-order valence-electron chi connectivity index (χ0n) is 13.5. The molecule has 0 radical (unpaired) electrons. The lowest BCUT2D eigenvalue weighted by molar-refractivity contribution is 0.0935. The Kier molecular flexibility index (Phi) is 5.84. The van der Waals surface area contributed by atoms with E-state index in [2.05, 4.69) is 4.72 Å². The Labute approximate surface area is 137 Å². The van der Waals surface area contributed by atoms with Crippen LogP contribution in [0.3, 0.4) is 0 Å². The molecule has 1 aliphatic heterocycles. The molecule has 0 aromatic heterocycles. The lowest BCUT2D eigenvalue weighted by atomic mass is 10.1. The molecule has 8 heteroatoms. The molecule has 1 aromatic carbocycles. The zero-order valence-corrected chi connectivity index (χ0v) is 14.3. The Morgan fingerprint density at radius 3 is 2.43 bits per heavy atom. The molecular formula is C15H23N3O4S. The van der Waals surface area contributed by atoms with Crippen molar-refractivity contribution in [2.45, 2.75) is 20.3 Å². The highest BCUT2D eigenvalue weighted by molar-refractivity contribution is 7.90. The lowest BCUT2D eigenvalue weighted by Crippen LogP contribution is -2.52. The SMILES string of the molecule is CCOC(=O)N1CCN(S(=O)(=O)Nc2ccccc2CC)CC1. The minimum absolute atomic E-state index is 0.252. The standard InChI is InChI=1S/C15H23N3O4S/c1-3-13-7-5-6-8-14(13)16-23(20,21)18-11-9-17(10-12-18)15(19)22-4-2/h5-8,16H,3-4,9-12H2,1-2H3. The summed E-state index contributed by atoms with van der Waals surface area (Å²) < 4.78 is 33.9. The fourth-order valence-corrected chi connectivity index (χ4v) is 3.71. The van der Waals surface area contributed by atoms with Gasteiger partial charge in [-0.15, -0.1) is 0 Å². The van der Waals surface area contributed by atoms with Gasteiger partial charge in [0, 0.05) is 26.2 Å². The molecule has 1 aromatic rings. The second-order valence-electron chi connectivity index (χ2n) is 5.20. The van der Waals surface area contributed by atoms with E-state index in [0.29, 0.717) is 25.4 Å². The van der Waals surface area contributed by atoms with Crippen LogP contribution in [0, 0.1) is 0 Å². The van der Waals surface area contributed by atoms with E-state index in [0.717, 1.165) is 12.0 Å². The molecule has 1 N–H and O–H groups in total. The van der Waals surface area contributed by atoms with Gasteiger partial charge in [-0.1, -0.05) is 25.1 Å². The Morgan fingerprint density at radius 2 is 1.83 bits per heavy atom. The van der Waals surface area contributed by atoms with Gasteiger partial charge in [0.25, 0.3) is 0 Å². The molecule has 1 saturated heterocycles. The Balaban J connectivity index is 2.00. The molecule has 0 atom stereocenters. The van der Waals surface area contributed by atoms with Crippen molar-refractivity contribution in [3.05, 3.63) is 29.8 Å². The Bertz CT molecular complexity index is 640. The predicted molar refractivity (Wildman–Crippen MR) is 88.5 cm³/mol. The first-order chi connectivity index (χ1) is 11.0. The first-order valence-corrected chi connectivity index (χ1v) is 9.19. The van der Waals surface area contributed by atoms with Crippen LogP contribution in [0.25, 0.3) is 0 Å². The molecule has 1 amide bonds. The average molecular weight is 341 g/mol. The normalized spacial score (nSPS) is 16.2. The van der Waals surface area contributed by atoms with Crippen LogP contribution in [0.1, 0.15) is 19.4 Å². The Morgan fingerprint density at radius 1 is 1.17 bits per heavy atom. The van der Waals surface area contributed by atoms with Crippen molar-refractivity contribution < 1.29 is 17.9 Å². The summed E-state index contributed by atoms with van der Waals surface area (Å²) in [6.45, 7) is 5.20. The van der Waals surface area contributed by atoms with E-state index in [1.807, 2.05) is 19.1 Å². The summed E-state index contributed by atoms with van der Waals surface area (Å²) in [5.74, 6) is 0. The number of rotatable bonds is 5. The lowest BCUT2D eigenvalue weighted by Gasteiger charge is -2.33. The molecule has 7 nitrogen and oxygen atoms in total. The summed E-state index contributed by atoms with van der Waals surface area (Å²) in [6.07, 6.45) is 0.351. The van der Waals surface area contributed by atoms with Crippen molar-refractivity contribution in [1.29, 1.82) is 0 Å².